The van der Waals surface area contributed by atoms with E-state index in [1.54, 1.807) is 18.5 Å². The summed E-state index contributed by atoms with van der Waals surface area (Å²) in [5, 5.41) is 14.3. The van der Waals surface area contributed by atoms with Crippen LogP contribution in [0.5, 0.6) is 0 Å². The zero-order valence-corrected chi connectivity index (χ0v) is 18.6. The molecule has 2 aromatic carbocycles. The molecule has 0 atom stereocenters. The van der Waals surface area contributed by atoms with Crippen molar-refractivity contribution in [2.45, 2.75) is 17.8 Å². The van der Waals surface area contributed by atoms with Gasteiger partial charge in [0.2, 0.25) is 0 Å². The Morgan fingerprint density at radius 3 is 2.56 bits per heavy atom. The number of benzene rings is 2. The van der Waals surface area contributed by atoms with Gasteiger partial charge in [-0.05, 0) is 42.8 Å². The number of nitrogens with zero attached hydrogens (tertiary/aromatic N) is 6. The van der Waals surface area contributed by atoms with E-state index in [9.17, 15) is 0 Å². The van der Waals surface area contributed by atoms with Gasteiger partial charge >= 0.3 is 0 Å². The molecular weight excluding hydrogens is 444 g/mol. The summed E-state index contributed by atoms with van der Waals surface area (Å²) in [6, 6.07) is 19.4. The fraction of sp³-hybridized carbons (Fsp3) is 0.0870. The number of rotatable bonds is 6. The van der Waals surface area contributed by atoms with Gasteiger partial charge in [0, 0.05) is 18.0 Å². The van der Waals surface area contributed by atoms with Crippen molar-refractivity contribution in [3.63, 3.8) is 0 Å². The van der Waals surface area contributed by atoms with Gasteiger partial charge in [-0.2, -0.15) is 4.98 Å². The van der Waals surface area contributed by atoms with Gasteiger partial charge in [0.15, 0.2) is 16.8 Å². The maximum absolute atomic E-state index is 6.25. The zero-order valence-electron chi connectivity index (χ0n) is 17.0. The zero-order chi connectivity index (χ0) is 21.9. The summed E-state index contributed by atoms with van der Waals surface area (Å²) in [7, 11) is 0. The van der Waals surface area contributed by atoms with Gasteiger partial charge in [0.05, 0.1) is 22.0 Å². The summed E-state index contributed by atoms with van der Waals surface area (Å²) in [4.78, 5) is 8.60. The van der Waals surface area contributed by atoms with Crippen molar-refractivity contribution in [3.8, 4) is 28.5 Å². The number of pyridine rings is 1. The topological polar surface area (TPSA) is 82.5 Å². The number of hydrogen-bond donors (Lipinski definition) is 0. The van der Waals surface area contributed by atoms with E-state index in [1.807, 2.05) is 47.0 Å². The van der Waals surface area contributed by atoms with Crippen molar-refractivity contribution in [2.24, 2.45) is 0 Å². The summed E-state index contributed by atoms with van der Waals surface area (Å²) in [5.41, 5.74) is 3.77. The van der Waals surface area contributed by atoms with Crippen LogP contribution in [0.3, 0.4) is 0 Å². The van der Waals surface area contributed by atoms with E-state index in [-0.39, 0.29) is 0 Å². The van der Waals surface area contributed by atoms with E-state index < -0.39 is 0 Å². The van der Waals surface area contributed by atoms with Crippen LogP contribution in [0.2, 0.25) is 5.02 Å². The fourth-order valence-corrected chi connectivity index (χ4v) is 4.27. The highest BCUT2D eigenvalue weighted by molar-refractivity contribution is 7.98. The molecule has 0 radical (unpaired) electrons. The molecular formula is C23H17ClN6OS. The lowest BCUT2D eigenvalue weighted by Gasteiger charge is -2.12. The van der Waals surface area contributed by atoms with Crippen LogP contribution in [-0.4, -0.2) is 29.9 Å². The van der Waals surface area contributed by atoms with E-state index in [0.717, 1.165) is 27.8 Å². The van der Waals surface area contributed by atoms with Crippen LogP contribution in [0.15, 0.2) is 82.7 Å². The minimum Gasteiger partial charge on any atom is -0.334 e. The van der Waals surface area contributed by atoms with E-state index in [0.29, 0.717) is 28.1 Å². The van der Waals surface area contributed by atoms with Crippen molar-refractivity contribution in [3.05, 3.63) is 89.5 Å². The number of halogens is 1. The first-order valence-corrected chi connectivity index (χ1v) is 11.2. The first-order chi connectivity index (χ1) is 15.7. The normalized spacial score (nSPS) is 11.1. The molecule has 5 rings (SSSR count). The van der Waals surface area contributed by atoms with E-state index in [4.69, 9.17) is 16.1 Å². The largest absolute Gasteiger partial charge is 0.334 e. The van der Waals surface area contributed by atoms with Gasteiger partial charge < -0.3 is 4.52 Å². The van der Waals surface area contributed by atoms with Crippen LogP contribution in [0.25, 0.3) is 28.5 Å². The Bertz CT molecular complexity index is 1370. The average Bonchev–Trinajstić information content (AvgIpc) is 3.46. The number of aromatic nitrogens is 6. The van der Waals surface area contributed by atoms with Crippen LogP contribution in [0.1, 0.15) is 11.4 Å². The van der Waals surface area contributed by atoms with Crippen LogP contribution >= 0.6 is 23.4 Å². The van der Waals surface area contributed by atoms with Crippen molar-refractivity contribution in [2.75, 3.05) is 0 Å². The predicted molar refractivity (Wildman–Crippen MR) is 124 cm³/mol. The molecule has 0 spiro atoms. The molecule has 0 saturated carbocycles. The van der Waals surface area contributed by atoms with Crippen molar-refractivity contribution >= 4 is 23.4 Å². The summed E-state index contributed by atoms with van der Waals surface area (Å²) in [5.74, 6) is 2.15. The Morgan fingerprint density at radius 1 is 0.969 bits per heavy atom. The van der Waals surface area contributed by atoms with Crippen molar-refractivity contribution < 1.29 is 4.52 Å². The maximum Gasteiger partial charge on any atom is 0.259 e. The Kier molecular flexibility index (Phi) is 5.70. The molecule has 0 unspecified atom stereocenters. The molecule has 0 N–H and O–H groups in total. The molecule has 3 aromatic heterocycles. The quantitative estimate of drug-likeness (QED) is 0.303. The Labute approximate surface area is 193 Å². The molecule has 0 bridgehead atoms. The van der Waals surface area contributed by atoms with Gasteiger partial charge in [-0.15, -0.1) is 10.2 Å². The number of para-hydroxylation sites is 1. The molecule has 9 heteroatoms. The molecule has 3 heterocycles. The minimum atomic E-state index is 0.393. The van der Waals surface area contributed by atoms with Crippen LogP contribution in [0, 0.1) is 6.92 Å². The van der Waals surface area contributed by atoms with E-state index in [2.05, 4.69) is 44.4 Å². The second-order valence-corrected chi connectivity index (χ2v) is 8.30. The monoisotopic (exact) mass is 460 g/mol. The molecule has 158 valence electrons. The van der Waals surface area contributed by atoms with Gasteiger partial charge in [-0.1, -0.05) is 58.9 Å². The summed E-state index contributed by atoms with van der Waals surface area (Å²) < 4.78 is 7.47. The maximum atomic E-state index is 6.25. The van der Waals surface area contributed by atoms with Crippen LogP contribution < -0.4 is 0 Å². The molecule has 0 fully saturated rings. The highest BCUT2D eigenvalue weighted by Crippen LogP contribution is 2.31. The summed E-state index contributed by atoms with van der Waals surface area (Å²) >= 11 is 7.73. The minimum absolute atomic E-state index is 0.393. The molecule has 0 aliphatic rings. The van der Waals surface area contributed by atoms with Gasteiger partial charge in [-0.25, -0.2) is 0 Å². The Balaban J connectivity index is 1.47. The number of thioether (sulfide) groups is 1. The summed E-state index contributed by atoms with van der Waals surface area (Å²) in [6.45, 7) is 2.06. The molecule has 32 heavy (non-hydrogen) atoms. The second kappa shape index (κ2) is 8.94. The van der Waals surface area contributed by atoms with E-state index >= 15 is 0 Å². The molecule has 0 saturated heterocycles. The Hall–Kier alpha value is -3.49. The predicted octanol–water partition coefficient (Wildman–Crippen LogP) is 5.63. The lowest BCUT2D eigenvalue weighted by Crippen LogP contribution is -2.02. The summed E-state index contributed by atoms with van der Waals surface area (Å²) in [6.07, 6.45) is 3.49. The molecule has 0 aliphatic heterocycles. The average molecular weight is 461 g/mol. The second-order valence-electron chi connectivity index (χ2n) is 6.95. The number of hydrogen-bond acceptors (Lipinski definition) is 7. The number of aryl methyl sites for hydroxylation is 1. The van der Waals surface area contributed by atoms with Crippen LogP contribution in [0.4, 0.5) is 0 Å². The Morgan fingerprint density at radius 2 is 1.75 bits per heavy atom. The lowest BCUT2D eigenvalue weighted by atomic mass is 10.2. The van der Waals surface area contributed by atoms with Crippen molar-refractivity contribution in [1.29, 1.82) is 0 Å². The lowest BCUT2D eigenvalue weighted by molar-refractivity contribution is 0.425. The molecule has 0 amide bonds. The van der Waals surface area contributed by atoms with Crippen molar-refractivity contribution in [1.82, 2.24) is 29.9 Å². The molecule has 5 aromatic rings. The molecule has 7 nitrogen and oxygen atoms in total. The fourth-order valence-electron chi connectivity index (χ4n) is 3.27. The first kappa shape index (κ1) is 20.4. The standard InChI is InChI=1S/C23H17ClN6OS/c1-15-6-2-5-9-19(15)30-21(16-10-12-25-13-11-16)27-28-23(30)32-14-20-26-22(31-29-20)17-7-3-4-8-18(17)24/h2-13H,14H2,1H3. The highest BCUT2D eigenvalue weighted by Gasteiger charge is 2.19. The third kappa shape index (κ3) is 4.02. The third-order valence-electron chi connectivity index (χ3n) is 4.83. The van der Waals surface area contributed by atoms with Crippen LogP contribution in [-0.2, 0) is 5.75 Å². The molecule has 0 aliphatic carbocycles. The van der Waals surface area contributed by atoms with Gasteiger partial charge in [-0.3, -0.25) is 9.55 Å². The third-order valence-corrected chi connectivity index (χ3v) is 6.09. The smallest absolute Gasteiger partial charge is 0.259 e. The first-order valence-electron chi connectivity index (χ1n) is 9.83. The van der Waals surface area contributed by atoms with E-state index in [1.165, 1.54) is 11.8 Å². The van der Waals surface area contributed by atoms with Gasteiger partial charge in [0.1, 0.15) is 0 Å². The van der Waals surface area contributed by atoms with Gasteiger partial charge in [0.25, 0.3) is 5.89 Å². The highest BCUT2D eigenvalue weighted by atomic mass is 35.5. The SMILES string of the molecule is Cc1ccccc1-n1c(SCc2noc(-c3ccccc3Cl)n2)nnc1-c1ccncc1.